The van der Waals surface area contributed by atoms with Gasteiger partial charge in [-0.1, -0.05) is 24.3 Å². The number of rotatable bonds is 4. The minimum atomic E-state index is -0.884. The maximum atomic E-state index is 13.7. The summed E-state index contributed by atoms with van der Waals surface area (Å²) in [6.07, 6.45) is 0. The van der Waals surface area contributed by atoms with Crippen LogP contribution in [0.5, 0.6) is 0 Å². The van der Waals surface area contributed by atoms with E-state index in [2.05, 4.69) is 5.32 Å². The first-order chi connectivity index (χ1) is 11.6. The number of hydrogen-bond donors (Lipinski definition) is 1. The molecule has 0 spiro atoms. The molecule has 3 aromatic rings. The van der Waals surface area contributed by atoms with Gasteiger partial charge < -0.3 is 5.32 Å². The molecule has 3 nitrogen and oxygen atoms in total. The first-order valence-corrected chi connectivity index (χ1v) is 7.88. The molecule has 0 aliphatic carbocycles. The molecule has 0 saturated heterocycles. The quantitative estimate of drug-likeness (QED) is 0.709. The predicted octanol–water partition coefficient (Wildman–Crippen LogP) is 4.51. The van der Waals surface area contributed by atoms with E-state index in [1.807, 2.05) is 0 Å². The van der Waals surface area contributed by atoms with Gasteiger partial charge in [0.15, 0.2) is 0 Å². The molecule has 1 N–H and O–H groups in total. The summed E-state index contributed by atoms with van der Waals surface area (Å²) >= 11 is 1.27. The molecule has 1 amide bonds. The van der Waals surface area contributed by atoms with Crippen molar-refractivity contribution in [2.24, 2.45) is 0 Å². The van der Waals surface area contributed by atoms with Crippen LogP contribution in [-0.4, -0.2) is 11.7 Å². The fourth-order valence-corrected chi connectivity index (χ4v) is 2.88. The molecule has 0 aliphatic heterocycles. The molecular weight excluding hydrogens is 332 g/mol. The Hall–Kier alpha value is -2.86. The van der Waals surface area contributed by atoms with Crippen LogP contribution in [0.25, 0.3) is 0 Å². The highest BCUT2D eigenvalue weighted by Crippen LogP contribution is 2.21. The lowest BCUT2D eigenvalue weighted by atomic mass is 10.0. The van der Waals surface area contributed by atoms with Gasteiger partial charge in [-0.3, -0.25) is 9.59 Å². The van der Waals surface area contributed by atoms with Crippen molar-refractivity contribution in [2.45, 2.75) is 0 Å². The number of nitrogens with one attached hydrogen (secondary N) is 1. The molecule has 0 radical (unpaired) electrons. The van der Waals surface area contributed by atoms with Crippen LogP contribution in [-0.2, 0) is 0 Å². The summed E-state index contributed by atoms with van der Waals surface area (Å²) in [7, 11) is 0. The Morgan fingerprint density at radius 3 is 2.33 bits per heavy atom. The van der Waals surface area contributed by atoms with Crippen molar-refractivity contribution < 1.29 is 18.4 Å². The summed E-state index contributed by atoms with van der Waals surface area (Å²) in [5, 5.41) is 4.13. The third kappa shape index (κ3) is 3.23. The van der Waals surface area contributed by atoms with Crippen LogP contribution in [0.2, 0.25) is 0 Å². The minimum absolute atomic E-state index is 0.125. The van der Waals surface area contributed by atoms with Crippen LogP contribution in [0.1, 0.15) is 25.6 Å². The summed E-state index contributed by atoms with van der Waals surface area (Å²) in [6.45, 7) is 0. The van der Waals surface area contributed by atoms with Gasteiger partial charge in [0.1, 0.15) is 11.6 Å². The molecule has 3 rings (SSSR count). The standard InChI is InChI=1S/C18H11F2NO2S/c19-11-7-8-15(14(20)10-11)21-18(23)13-5-2-1-4-12(13)17(22)16-6-3-9-24-16/h1-10H,(H,21,23). The van der Waals surface area contributed by atoms with E-state index in [1.54, 1.807) is 29.6 Å². The average Bonchev–Trinajstić information content (AvgIpc) is 3.11. The van der Waals surface area contributed by atoms with Gasteiger partial charge in [0.25, 0.3) is 5.91 Å². The maximum Gasteiger partial charge on any atom is 0.256 e. The van der Waals surface area contributed by atoms with E-state index in [4.69, 9.17) is 0 Å². The molecule has 0 bridgehead atoms. The summed E-state index contributed by atoms with van der Waals surface area (Å²) in [4.78, 5) is 25.4. The predicted molar refractivity (Wildman–Crippen MR) is 88.5 cm³/mol. The number of ketones is 1. The van der Waals surface area contributed by atoms with Crippen molar-refractivity contribution in [3.05, 3.63) is 87.6 Å². The zero-order valence-electron chi connectivity index (χ0n) is 12.3. The molecule has 0 unspecified atom stereocenters. The molecule has 120 valence electrons. The van der Waals surface area contributed by atoms with Crippen LogP contribution in [0.15, 0.2) is 60.0 Å². The highest BCUT2D eigenvalue weighted by Gasteiger charge is 2.19. The van der Waals surface area contributed by atoms with Crippen LogP contribution >= 0.6 is 11.3 Å². The molecular formula is C18H11F2NO2S. The van der Waals surface area contributed by atoms with Crippen LogP contribution in [0.3, 0.4) is 0 Å². The monoisotopic (exact) mass is 343 g/mol. The summed E-state index contributed by atoms with van der Waals surface area (Å²) in [5.74, 6) is -2.54. The van der Waals surface area contributed by atoms with Crippen molar-refractivity contribution in [1.82, 2.24) is 0 Å². The van der Waals surface area contributed by atoms with E-state index in [9.17, 15) is 18.4 Å². The van der Waals surface area contributed by atoms with Gasteiger partial charge in [0, 0.05) is 11.6 Å². The van der Waals surface area contributed by atoms with Crippen molar-refractivity contribution in [1.29, 1.82) is 0 Å². The zero-order chi connectivity index (χ0) is 17.1. The molecule has 0 atom stereocenters. The van der Waals surface area contributed by atoms with Gasteiger partial charge in [0.05, 0.1) is 16.1 Å². The maximum absolute atomic E-state index is 13.7. The van der Waals surface area contributed by atoms with E-state index in [0.717, 1.165) is 12.1 Å². The minimum Gasteiger partial charge on any atom is -0.319 e. The number of benzene rings is 2. The Morgan fingerprint density at radius 2 is 1.67 bits per heavy atom. The molecule has 0 fully saturated rings. The number of amides is 1. The number of hydrogen-bond acceptors (Lipinski definition) is 3. The second-order valence-corrected chi connectivity index (χ2v) is 5.88. The van der Waals surface area contributed by atoms with Gasteiger partial charge in [-0.05, 0) is 29.6 Å². The van der Waals surface area contributed by atoms with Gasteiger partial charge in [-0.15, -0.1) is 11.3 Å². The molecule has 24 heavy (non-hydrogen) atoms. The molecule has 6 heteroatoms. The van der Waals surface area contributed by atoms with Crippen LogP contribution < -0.4 is 5.32 Å². The SMILES string of the molecule is O=C(Nc1ccc(F)cc1F)c1ccccc1C(=O)c1cccs1. The molecule has 1 heterocycles. The molecule has 0 saturated carbocycles. The second-order valence-electron chi connectivity index (χ2n) is 4.93. The van der Waals surface area contributed by atoms with Crippen molar-refractivity contribution >= 4 is 28.7 Å². The number of carbonyl (C=O) groups is 2. The summed E-state index contributed by atoms with van der Waals surface area (Å²) < 4.78 is 26.6. The fraction of sp³-hybridized carbons (Fsp3) is 0. The fourth-order valence-electron chi connectivity index (χ4n) is 2.20. The number of carbonyl (C=O) groups excluding carboxylic acids is 2. The Balaban J connectivity index is 1.92. The average molecular weight is 343 g/mol. The zero-order valence-corrected chi connectivity index (χ0v) is 13.1. The Labute approximate surface area is 140 Å². The lowest BCUT2D eigenvalue weighted by Crippen LogP contribution is -2.17. The Kier molecular flexibility index (Phi) is 4.48. The largest absolute Gasteiger partial charge is 0.319 e. The normalized spacial score (nSPS) is 10.4. The van der Waals surface area contributed by atoms with Gasteiger partial charge in [-0.25, -0.2) is 8.78 Å². The Bertz CT molecular complexity index is 907. The van der Waals surface area contributed by atoms with Crippen LogP contribution in [0, 0.1) is 11.6 Å². The van der Waals surface area contributed by atoms with E-state index in [0.29, 0.717) is 10.9 Å². The first kappa shape index (κ1) is 16.0. The highest BCUT2D eigenvalue weighted by molar-refractivity contribution is 7.12. The van der Waals surface area contributed by atoms with E-state index >= 15 is 0 Å². The van der Waals surface area contributed by atoms with Crippen molar-refractivity contribution in [3.63, 3.8) is 0 Å². The third-order valence-electron chi connectivity index (χ3n) is 3.34. The van der Waals surface area contributed by atoms with Gasteiger partial charge >= 0.3 is 0 Å². The van der Waals surface area contributed by atoms with Crippen molar-refractivity contribution in [3.8, 4) is 0 Å². The number of anilines is 1. The second kappa shape index (κ2) is 6.72. The van der Waals surface area contributed by atoms with Gasteiger partial charge in [-0.2, -0.15) is 0 Å². The number of thiophene rings is 1. The smallest absolute Gasteiger partial charge is 0.256 e. The van der Waals surface area contributed by atoms with Crippen LogP contribution in [0.4, 0.5) is 14.5 Å². The summed E-state index contributed by atoms with van der Waals surface area (Å²) in [5.41, 5.74) is 0.194. The molecule has 0 aliphatic rings. The first-order valence-electron chi connectivity index (χ1n) is 7.00. The summed E-state index contributed by atoms with van der Waals surface area (Å²) in [6, 6.07) is 12.6. The van der Waals surface area contributed by atoms with E-state index in [-0.39, 0.29) is 22.6 Å². The van der Waals surface area contributed by atoms with E-state index < -0.39 is 17.5 Å². The lowest BCUT2D eigenvalue weighted by molar-refractivity contribution is 0.0997. The Morgan fingerprint density at radius 1 is 0.917 bits per heavy atom. The molecule has 1 aromatic heterocycles. The van der Waals surface area contributed by atoms with Crippen molar-refractivity contribution in [2.75, 3.05) is 5.32 Å². The highest BCUT2D eigenvalue weighted by atomic mass is 32.1. The van der Waals surface area contributed by atoms with Gasteiger partial charge in [0.2, 0.25) is 5.78 Å². The number of halogens is 2. The topological polar surface area (TPSA) is 46.2 Å². The van der Waals surface area contributed by atoms with E-state index in [1.165, 1.54) is 23.5 Å². The third-order valence-corrected chi connectivity index (χ3v) is 4.21. The lowest BCUT2D eigenvalue weighted by Gasteiger charge is -2.10. The molecule has 2 aromatic carbocycles.